The Bertz CT molecular complexity index is 525. The number of hydrogen-bond donors (Lipinski definition) is 2. The second kappa shape index (κ2) is 5.65. The van der Waals surface area contributed by atoms with E-state index in [9.17, 15) is 14.4 Å². The maximum Gasteiger partial charge on any atom is 0.248 e. The van der Waals surface area contributed by atoms with E-state index in [0.29, 0.717) is 31.2 Å². The van der Waals surface area contributed by atoms with Crippen molar-refractivity contribution in [3.8, 4) is 0 Å². The minimum atomic E-state index is -0.459. The molecule has 1 aromatic carbocycles. The zero-order valence-electron chi connectivity index (χ0n) is 10.5. The van der Waals surface area contributed by atoms with Gasteiger partial charge in [-0.05, 0) is 30.9 Å². The molecular weight excluding hydrogens is 244 g/mol. The highest BCUT2D eigenvalue weighted by atomic mass is 16.2. The van der Waals surface area contributed by atoms with Gasteiger partial charge in [-0.2, -0.15) is 0 Å². The van der Waals surface area contributed by atoms with Crippen molar-refractivity contribution in [1.82, 2.24) is 5.32 Å². The Labute approximate surface area is 111 Å². The highest BCUT2D eigenvalue weighted by Crippen LogP contribution is 2.20. The summed E-state index contributed by atoms with van der Waals surface area (Å²) in [5.41, 5.74) is 6.65. The molecular formula is C14H16N2O3. The van der Waals surface area contributed by atoms with Crippen molar-refractivity contribution in [2.24, 2.45) is 11.7 Å². The predicted molar refractivity (Wildman–Crippen MR) is 69.2 cm³/mol. The first-order valence-corrected chi connectivity index (χ1v) is 6.29. The minimum Gasteiger partial charge on any atom is -0.366 e. The molecule has 1 aliphatic heterocycles. The van der Waals surface area contributed by atoms with E-state index in [2.05, 4.69) is 5.32 Å². The second-order valence-electron chi connectivity index (χ2n) is 4.71. The summed E-state index contributed by atoms with van der Waals surface area (Å²) in [6.45, 7) is 0. The fourth-order valence-corrected chi connectivity index (χ4v) is 2.32. The normalized spacial score (nSPS) is 19.1. The number of rotatable bonds is 4. The molecule has 0 unspecified atom stereocenters. The van der Waals surface area contributed by atoms with Crippen molar-refractivity contribution in [3.05, 3.63) is 35.4 Å². The number of piperidine rings is 1. The average molecular weight is 260 g/mol. The molecule has 1 aliphatic rings. The van der Waals surface area contributed by atoms with Gasteiger partial charge >= 0.3 is 0 Å². The predicted octanol–water partition coefficient (Wildman–Crippen LogP) is 0.771. The lowest BCUT2D eigenvalue weighted by molar-refractivity contribution is -0.136. The van der Waals surface area contributed by atoms with Crippen LogP contribution >= 0.6 is 0 Å². The Kier molecular flexibility index (Phi) is 3.94. The van der Waals surface area contributed by atoms with E-state index in [1.165, 1.54) is 0 Å². The first-order valence-electron chi connectivity index (χ1n) is 6.29. The highest BCUT2D eigenvalue weighted by Gasteiger charge is 2.26. The van der Waals surface area contributed by atoms with Crippen LogP contribution in [0.2, 0.25) is 0 Å². The fraction of sp³-hybridized carbons (Fsp3) is 0.357. The third kappa shape index (κ3) is 3.19. The van der Waals surface area contributed by atoms with Crippen LogP contribution in [0.3, 0.4) is 0 Å². The highest BCUT2D eigenvalue weighted by molar-refractivity contribution is 5.98. The van der Waals surface area contributed by atoms with Gasteiger partial charge in [0.1, 0.15) is 0 Å². The maximum atomic E-state index is 11.6. The molecule has 0 radical (unpaired) electrons. The molecule has 0 aromatic heterocycles. The maximum absolute atomic E-state index is 11.6. The number of aryl methyl sites for hydroxylation is 1. The first-order chi connectivity index (χ1) is 9.08. The van der Waals surface area contributed by atoms with Gasteiger partial charge in [-0.15, -0.1) is 0 Å². The van der Waals surface area contributed by atoms with Crippen molar-refractivity contribution in [2.45, 2.75) is 25.7 Å². The molecule has 2 rings (SSSR count). The van der Waals surface area contributed by atoms with Crippen molar-refractivity contribution in [3.63, 3.8) is 0 Å². The lowest BCUT2D eigenvalue weighted by Crippen LogP contribution is -2.40. The summed E-state index contributed by atoms with van der Waals surface area (Å²) in [6.07, 6.45) is 2.17. The van der Waals surface area contributed by atoms with Crippen LogP contribution in [0.4, 0.5) is 0 Å². The van der Waals surface area contributed by atoms with Crippen LogP contribution in [0.1, 0.15) is 35.2 Å². The molecule has 1 aromatic rings. The van der Waals surface area contributed by atoms with Crippen LogP contribution < -0.4 is 11.1 Å². The van der Waals surface area contributed by atoms with Crippen LogP contribution in [0.5, 0.6) is 0 Å². The first kappa shape index (κ1) is 13.3. The van der Waals surface area contributed by atoms with Gasteiger partial charge in [-0.1, -0.05) is 18.2 Å². The zero-order valence-corrected chi connectivity index (χ0v) is 10.5. The Morgan fingerprint density at radius 1 is 1.32 bits per heavy atom. The Balaban J connectivity index is 2.01. The van der Waals surface area contributed by atoms with E-state index in [0.717, 1.165) is 5.56 Å². The van der Waals surface area contributed by atoms with Gasteiger partial charge in [0.15, 0.2) is 0 Å². The number of primary amides is 1. The molecule has 100 valence electrons. The third-order valence-corrected chi connectivity index (χ3v) is 3.40. The van der Waals surface area contributed by atoms with Crippen molar-refractivity contribution in [2.75, 3.05) is 0 Å². The van der Waals surface area contributed by atoms with Gasteiger partial charge in [-0.25, -0.2) is 0 Å². The SMILES string of the molecule is NC(=O)c1ccccc1CC[C@H]1CCC(=O)NC1=O. The Morgan fingerprint density at radius 3 is 2.74 bits per heavy atom. The minimum absolute atomic E-state index is 0.168. The molecule has 1 saturated heterocycles. The smallest absolute Gasteiger partial charge is 0.248 e. The molecule has 5 nitrogen and oxygen atoms in total. The standard InChI is InChI=1S/C14H16N2O3/c15-13(18)11-4-2-1-3-9(11)5-6-10-7-8-12(17)16-14(10)19/h1-4,10H,5-8H2,(H2,15,18)(H,16,17,19)/t10-/m0/s1. The molecule has 0 saturated carbocycles. The topological polar surface area (TPSA) is 89.3 Å². The van der Waals surface area contributed by atoms with E-state index in [1.807, 2.05) is 12.1 Å². The molecule has 3 N–H and O–H groups in total. The van der Waals surface area contributed by atoms with E-state index in [-0.39, 0.29) is 17.7 Å². The molecule has 1 heterocycles. The number of nitrogens with two attached hydrogens (primary N) is 1. The van der Waals surface area contributed by atoms with Crippen LogP contribution in [0.25, 0.3) is 0 Å². The lowest BCUT2D eigenvalue weighted by Gasteiger charge is -2.20. The summed E-state index contributed by atoms with van der Waals surface area (Å²) >= 11 is 0. The number of imide groups is 1. The van der Waals surface area contributed by atoms with Crippen LogP contribution in [-0.4, -0.2) is 17.7 Å². The molecule has 19 heavy (non-hydrogen) atoms. The molecule has 0 spiro atoms. The van der Waals surface area contributed by atoms with Gasteiger partial charge in [0, 0.05) is 17.9 Å². The molecule has 1 atom stereocenters. The van der Waals surface area contributed by atoms with Gasteiger partial charge in [-0.3, -0.25) is 19.7 Å². The number of carbonyl (C=O) groups is 3. The van der Waals surface area contributed by atoms with E-state index in [1.54, 1.807) is 12.1 Å². The van der Waals surface area contributed by atoms with Crippen LogP contribution in [0, 0.1) is 5.92 Å². The quantitative estimate of drug-likeness (QED) is 0.784. The number of amides is 3. The van der Waals surface area contributed by atoms with Gasteiger partial charge < -0.3 is 5.73 Å². The fourth-order valence-electron chi connectivity index (χ4n) is 2.32. The third-order valence-electron chi connectivity index (χ3n) is 3.40. The number of benzene rings is 1. The van der Waals surface area contributed by atoms with Gasteiger partial charge in [0.2, 0.25) is 17.7 Å². The number of carbonyl (C=O) groups excluding carboxylic acids is 3. The van der Waals surface area contributed by atoms with E-state index < -0.39 is 5.91 Å². The summed E-state index contributed by atoms with van der Waals surface area (Å²) in [7, 11) is 0. The Morgan fingerprint density at radius 2 is 2.05 bits per heavy atom. The molecule has 0 aliphatic carbocycles. The summed E-state index contributed by atoms with van der Waals surface area (Å²) < 4.78 is 0. The molecule has 5 heteroatoms. The van der Waals surface area contributed by atoms with E-state index in [4.69, 9.17) is 5.73 Å². The number of nitrogens with one attached hydrogen (secondary N) is 1. The summed E-state index contributed by atoms with van der Waals surface area (Å²) in [4.78, 5) is 33.9. The number of hydrogen-bond acceptors (Lipinski definition) is 3. The zero-order chi connectivity index (χ0) is 13.8. The summed E-state index contributed by atoms with van der Waals surface area (Å²) in [5, 5.41) is 2.33. The summed E-state index contributed by atoms with van der Waals surface area (Å²) in [5.74, 6) is -1.05. The van der Waals surface area contributed by atoms with Gasteiger partial charge in [0.25, 0.3) is 0 Å². The second-order valence-corrected chi connectivity index (χ2v) is 4.71. The summed E-state index contributed by atoms with van der Waals surface area (Å²) in [6, 6.07) is 7.12. The van der Waals surface area contributed by atoms with E-state index >= 15 is 0 Å². The van der Waals surface area contributed by atoms with Crippen molar-refractivity contribution in [1.29, 1.82) is 0 Å². The monoisotopic (exact) mass is 260 g/mol. The van der Waals surface area contributed by atoms with Crippen LogP contribution in [-0.2, 0) is 16.0 Å². The largest absolute Gasteiger partial charge is 0.366 e. The van der Waals surface area contributed by atoms with Crippen molar-refractivity contribution >= 4 is 17.7 Å². The average Bonchev–Trinajstić information content (AvgIpc) is 2.38. The molecule has 1 fully saturated rings. The van der Waals surface area contributed by atoms with Crippen molar-refractivity contribution < 1.29 is 14.4 Å². The lowest BCUT2D eigenvalue weighted by atomic mass is 9.90. The Hall–Kier alpha value is -2.17. The van der Waals surface area contributed by atoms with Crippen LogP contribution in [0.15, 0.2) is 24.3 Å². The van der Waals surface area contributed by atoms with Gasteiger partial charge in [0.05, 0.1) is 0 Å². The molecule has 0 bridgehead atoms. The molecule has 3 amide bonds.